The minimum Gasteiger partial charge on any atom is -0.322 e. The Morgan fingerprint density at radius 2 is 1.92 bits per heavy atom. The second kappa shape index (κ2) is 7.80. The molecule has 8 heteroatoms. The molecule has 0 saturated heterocycles. The molecule has 0 radical (unpaired) electrons. The molecule has 0 aliphatic rings. The van der Waals surface area contributed by atoms with Crippen LogP contribution in [0.1, 0.15) is 0 Å². The highest BCUT2D eigenvalue weighted by Crippen LogP contribution is 2.20. The van der Waals surface area contributed by atoms with Crippen molar-refractivity contribution in [2.45, 2.75) is 6.54 Å². The second-order valence-corrected chi connectivity index (χ2v) is 6.77. The molecule has 1 aromatic heterocycles. The molecule has 26 heavy (non-hydrogen) atoms. The zero-order valence-corrected chi connectivity index (χ0v) is 15.6. The van der Waals surface area contributed by atoms with Gasteiger partial charge in [0.25, 0.3) is 5.56 Å². The van der Waals surface area contributed by atoms with Crippen LogP contribution in [0.25, 0.3) is 11.3 Å². The Balaban J connectivity index is 1.74. The van der Waals surface area contributed by atoms with Gasteiger partial charge in [-0.2, -0.15) is 0 Å². The lowest BCUT2D eigenvalue weighted by molar-refractivity contribution is -0.116. The number of carbonyl (C=O) groups excluding carboxylic acids is 1. The van der Waals surface area contributed by atoms with E-state index in [9.17, 15) is 14.0 Å². The number of hydrogen-bond donors (Lipinski definition) is 1. The van der Waals surface area contributed by atoms with Crippen LogP contribution in [0.5, 0.6) is 0 Å². The van der Waals surface area contributed by atoms with E-state index in [-0.39, 0.29) is 12.2 Å². The molecule has 132 valence electrons. The number of hydrogen-bond acceptors (Lipinski definition) is 3. The largest absolute Gasteiger partial charge is 0.322 e. The van der Waals surface area contributed by atoms with Gasteiger partial charge in [0, 0.05) is 21.1 Å². The molecule has 1 heterocycles. The van der Waals surface area contributed by atoms with Crippen LogP contribution in [0.3, 0.4) is 0 Å². The summed E-state index contributed by atoms with van der Waals surface area (Å²) < 4.78 is 15.5. The van der Waals surface area contributed by atoms with Gasteiger partial charge in [0.1, 0.15) is 12.4 Å². The Morgan fingerprint density at radius 3 is 2.58 bits per heavy atom. The third kappa shape index (κ3) is 4.36. The summed E-state index contributed by atoms with van der Waals surface area (Å²) in [6.45, 7) is -0.276. The van der Waals surface area contributed by atoms with E-state index < -0.39 is 17.3 Å². The smallest absolute Gasteiger partial charge is 0.254 e. The van der Waals surface area contributed by atoms with E-state index in [0.29, 0.717) is 15.2 Å². The van der Waals surface area contributed by atoms with Crippen molar-refractivity contribution in [1.29, 1.82) is 0 Å². The lowest BCUT2D eigenvalue weighted by Crippen LogP contribution is -2.27. The van der Waals surface area contributed by atoms with Crippen molar-refractivity contribution in [2.24, 2.45) is 0 Å². The number of nitrogens with one attached hydrogen (secondary N) is 1. The van der Waals surface area contributed by atoms with E-state index in [2.05, 4.69) is 26.2 Å². The highest BCUT2D eigenvalue weighted by Gasteiger charge is 2.10. The van der Waals surface area contributed by atoms with Crippen LogP contribution in [0.15, 0.2) is 64.1 Å². The number of rotatable bonds is 4. The lowest BCUT2D eigenvalue weighted by Gasteiger charge is -2.09. The summed E-state index contributed by atoms with van der Waals surface area (Å²) in [5.41, 5.74) is 0.857. The number of halogens is 3. The highest BCUT2D eigenvalue weighted by atomic mass is 79.9. The minimum atomic E-state index is -0.573. The van der Waals surface area contributed by atoms with Crippen molar-refractivity contribution in [2.75, 3.05) is 5.32 Å². The Hall–Kier alpha value is -2.51. The summed E-state index contributed by atoms with van der Waals surface area (Å²) in [5.74, 6) is -1.11. The van der Waals surface area contributed by atoms with E-state index >= 15 is 0 Å². The molecule has 5 nitrogen and oxygen atoms in total. The van der Waals surface area contributed by atoms with Crippen LogP contribution in [0.4, 0.5) is 10.1 Å². The maximum atomic E-state index is 13.8. The van der Waals surface area contributed by atoms with Gasteiger partial charge in [-0.25, -0.2) is 9.37 Å². The lowest BCUT2D eigenvalue weighted by atomic mass is 10.1. The second-order valence-electron chi connectivity index (χ2n) is 5.42. The van der Waals surface area contributed by atoms with Gasteiger partial charge in [0.05, 0.1) is 17.7 Å². The summed E-state index contributed by atoms with van der Waals surface area (Å²) in [4.78, 5) is 28.5. The first-order valence-corrected chi connectivity index (χ1v) is 8.67. The summed E-state index contributed by atoms with van der Waals surface area (Å²) in [6.07, 6.45) is 1.28. The monoisotopic (exact) mass is 435 g/mol. The zero-order valence-electron chi connectivity index (χ0n) is 13.2. The van der Waals surface area contributed by atoms with Crippen LogP contribution in [-0.4, -0.2) is 15.5 Å². The van der Waals surface area contributed by atoms with Gasteiger partial charge in [-0.3, -0.25) is 14.2 Å². The van der Waals surface area contributed by atoms with Crippen LogP contribution in [0.2, 0.25) is 5.02 Å². The molecule has 0 aliphatic heterocycles. The van der Waals surface area contributed by atoms with Crippen LogP contribution in [-0.2, 0) is 11.3 Å². The maximum Gasteiger partial charge on any atom is 0.254 e. The average Bonchev–Trinajstić information content (AvgIpc) is 2.60. The third-order valence-corrected chi connectivity index (χ3v) is 4.28. The molecule has 3 aromatic rings. The maximum absolute atomic E-state index is 13.8. The van der Waals surface area contributed by atoms with E-state index in [1.165, 1.54) is 24.5 Å². The minimum absolute atomic E-state index is 0.0389. The number of benzene rings is 2. The molecule has 3 rings (SSSR count). The van der Waals surface area contributed by atoms with Crippen molar-refractivity contribution in [3.63, 3.8) is 0 Å². The van der Waals surface area contributed by atoms with Gasteiger partial charge in [-0.05, 0) is 30.3 Å². The predicted octanol–water partition coefficient (Wildman–Crippen LogP) is 4.10. The molecule has 0 fully saturated rings. The number of aromatic nitrogens is 2. The number of anilines is 1. The van der Waals surface area contributed by atoms with Crippen molar-refractivity contribution < 1.29 is 9.18 Å². The molecule has 1 amide bonds. The first-order valence-electron chi connectivity index (χ1n) is 7.50. The molecule has 0 spiro atoms. The molecule has 0 saturated carbocycles. The fourth-order valence-corrected chi connectivity index (χ4v) is 2.72. The van der Waals surface area contributed by atoms with Crippen molar-refractivity contribution >= 4 is 39.1 Å². The Labute approximate surface area is 161 Å². The SMILES string of the molecule is O=C(Cn1cnc(-c2ccc(Cl)cc2)cc1=O)Nc1ccc(Br)cc1F. The van der Waals surface area contributed by atoms with Crippen molar-refractivity contribution in [3.8, 4) is 11.3 Å². The number of amides is 1. The summed E-state index contributed by atoms with van der Waals surface area (Å²) >= 11 is 8.98. The Morgan fingerprint density at radius 1 is 1.19 bits per heavy atom. The van der Waals surface area contributed by atoms with Gasteiger partial charge in [0.15, 0.2) is 0 Å². The third-order valence-electron chi connectivity index (χ3n) is 3.54. The predicted molar refractivity (Wildman–Crippen MR) is 102 cm³/mol. The molecular weight excluding hydrogens is 425 g/mol. The fraction of sp³-hybridized carbons (Fsp3) is 0.0556. The number of carbonyl (C=O) groups is 1. The van der Waals surface area contributed by atoms with Crippen molar-refractivity contribution in [1.82, 2.24) is 9.55 Å². The molecule has 0 bridgehead atoms. The average molecular weight is 437 g/mol. The van der Waals surface area contributed by atoms with Gasteiger partial charge in [-0.1, -0.05) is 39.7 Å². The van der Waals surface area contributed by atoms with Gasteiger partial charge >= 0.3 is 0 Å². The first-order chi connectivity index (χ1) is 12.4. The molecule has 0 aliphatic carbocycles. The van der Waals surface area contributed by atoms with Crippen LogP contribution < -0.4 is 10.9 Å². The Bertz CT molecular complexity index is 1020. The number of nitrogens with zero attached hydrogens (tertiary/aromatic N) is 2. The Kier molecular flexibility index (Phi) is 5.49. The summed E-state index contributed by atoms with van der Waals surface area (Å²) in [6, 6.07) is 12.5. The van der Waals surface area contributed by atoms with Gasteiger partial charge in [-0.15, -0.1) is 0 Å². The van der Waals surface area contributed by atoms with Gasteiger partial charge in [0.2, 0.25) is 5.91 Å². The van der Waals surface area contributed by atoms with Crippen LogP contribution in [0, 0.1) is 5.82 Å². The molecule has 0 atom stereocenters. The van der Waals surface area contributed by atoms with E-state index in [1.807, 2.05) is 0 Å². The summed E-state index contributed by atoms with van der Waals surface area (Å²) in [5, 5.41) is 3.01. The highest BCUT2D eigenvalue weighted by molar-refractivity contribution is 9.10. The van der Waals surface area contributed by atoms with E-state index in [1.54, 1.807) is 30.3 Å². The van der Waals surface area contributed by atoms with E-state index in [0.717, 1.165) is 10.1 Å². The first kappa shape index (κ1) is 18.3. The van der Waals surface area contributed by atoms with Crippen molar-refractivity contribution in [3.05, 3.63) is 80.5 Å². The fourth-order valence-electron chi connectivity index (χ4n) is 2.26. The molecule has 2 aromatic carbocycles. The quantitative estimate of drug-likeness (QED) is 0.670. The normalized spacial score (nSPS) is 10.6. The van der Waals surface area contributed by atoms with Gasteiger partial charge < -0.3 is 5.32 Å². The molecule has 1 N–H and O–H groups in total. The molecular formula is C18H12BrClFN3O2. The topological polar surface area (TPSA) is 64.0 Å². The standard InChI is InChI=1S/C18H12BrClFN3O2/c19-12-3-6-15(14(21)7-12)23-17(25)9-24-10-22-16(8-18(24)26)11-1-4-13(20)5-2-11/h1-8,10H,9H2,(H,23,25). The van der Waals surface area contributed by atoms with Crippen LogP contribution >= 0.6 is 27.5 Å². The summed E-state index contributed by atoms with van der Waals surface area (Å²) in [7, 11) is 0. The zero-order chi connectivity index (χ0) is 18.7. The van der Waals surface area contributed by atoms with E-state index in [4.69, 9.17) is 11.6 Å². The molecule has 0 unspecified atom stereocenters.